The molecular formula is C16H14O6Zn. The molecule has 0 aliphatic heterocycles. The van der Waals surface area contributed by atoms with Crippen LogP contribution in [0.3, 0.4) is 0 Å². The van der Waals surface area contributed by atoms with Crippen LogP contribution in [-0.4, -0.2) is 25.2 Å². The van der Waals surface area contributed by atoms with Crippen molar-refractivity contribution < 1.29 is 48.8 Å². The standard InChI is InChI=1S/2C8H8O3.Zn/c2*9-8(10)6-11-7-4-2-1-3-5-7;/h2*1-5H,6H2,(H,9,10);/q;;+2/p-2. The minimum absolute atomic E-state index is 0. The summed E-state index contributed by atoms with van der Waals surface area (Å²) in [6.07, 6.45) is 0. The molecule has 7 heteroatoms. The second-order valence-corrected chi connectivity index (χ2v) is 3.95. The molecule has 2 rings (SSSR count). The minimum atomic E-state index is -1.21. The molecule has 0 saturated carbocycles. The molecule has 0 fully saturated rings. The predicted molar refractivity (Wildman–Crippen MR) is 73.9 cm³/mol. The summed E-state index contributed by atoms with van der Waals surface area (Å²) in [5.41, 5.74) is 0. The minimum Gasteiger partial charge on any atom is -0.546 e. The van der Waals surface area contributed by atoms with E-state index in [2.05, 4.69) is 0 Å². The van der Waals surface area contributed by atoms with Crippen LogP contribution in [0.25, 0.3) is 0 Å². The smallest absolute Gasteiger partial charge is 0.546 e. The number of hydrogen-bond donors (Lipinski definition) is 0. The van der Waals surface area contributed by atoms with Gasteiger partial charge in [-0.1, -0.05) is 36.4 Å². The molecule has 0 spiro atoms. The molecule has 0 heterocycles. The zero-order valence-corrected chi connectivity index (χ0v) is 15.3. The van der Waals surface area contributed by atoms with Gasteiger partial charge in [0.2, 0.25) is 0 Å². The molecule has 6 nitrogen and oxygen atoms in total. The molecule has 0 radical (unpaired) electrons. The van der Waals surface area contributed by atoms with Crippen LogP contribution in [0.5, 0.6) is 11.5 Å². The Balaban J connectivity index is 0.000000403. The molecular weight excluding hydrogens is 354 g/mol. The second-order valence-electron chi connectivity index (χ2n) is 3.95. The van der Waals surface area contributed by atoms with Crippen LogP contribution >= 0.6 is 0 Å². The number of rotatable bonds is 6. The molecule has 0 bridgehead atoms. The molecule has 2 aromatic carbocycles. The van der Waals surface area contributed by atoms with Crippen LogP contribution in [0, 0.1) is 0 Å². The van der Waals surface area contributed by atoms with Gasteiger partial charge in [-0.25, -0.2) is 0 Å². The Labute approximate surface area is 146 Å². The molecule has 0 saturated heterocycles. The van der Waals surface area contributed by atoms with Gasteiger partial charge < -0.3 is 29.3 Å². The Morgan fingerprint density at radius 2 is 1.00 bits per heavy atom. The van der Waals surface area contributed by atoms with Crippen molar-refractivity contribution in [1.82, 2.24) is 0 Å². The maximum Gasteiger partial charge on any atom is 2.00 e. The average Bonchev–Trinajstić information content (AvgIpc) is 2.53. The Kier molecular flexibility index (Phi) is 10.9. The van der Waals surface area contributed by atoms with Gasteiger partial charge in [-0.05, 0) is 24.3 Å². The topological polar surface area (TPSA) is 98.7 Å². The third-order valence-corrected chi connectivity index (χ3v) is 2.20. The van der Waals surface area contributed by atoms with E-state index in [1.807, 2.05) is 12.1 Å². The third-order valence-electron chi connectivity index (χ3n) is 2.20. The van der Waals surface area contributed by atoms with E-state index in [1.165, 1.54) is 0 Å². The zero-order chi connectivity index (χ0) is 16.2. The number of hydrogen-bond acceptors (Lipinski definition) is 6. The number of benzene rings is 2. The average molecular weight is 368 g/mol. The van der Waals surface area contributed by atoms with Gasteiger partial charge in [0.1, 0.15) is 24.7 Å². The van der Waals surface area contributed by atoms with Crippen molar-refractivity contribution in [2.45, 2.75) is 0 Å². The zero-order valence-electron chi connectivity index (χ0n) is 12.3. The van der Waals surface area contributed by atoms with Crippen molar-refractivity contribution in [2.75, 3.05) is 13.2 Å². The van der Waals surface area contributed by atoms with Crippen LogP contribution in [-0.2, 0) is 29.1 Å². The number of ether oxygens (including phenoxy) is 2. The van der Waals surface area contributed by atoms with Gasteiger partial charge in [-0.3, -0.25) is 0 Å². The van der Waals surface area contributed by atoms with Gasteiger partial charge >= 0.3 is 19.5 Å². The van der Waals surface area contributed by atoms with Gasteiger partial charge in [0.05, 0.1) is 11.9 Å². The summed E-state index contributed by atoms with van der Waals surface area (Å²) in [4.78, 5) is 19.9. The summed E-state index contributed by atoms with van der Waals surface area (Å²) < 4.78 is 9.61. The van der Waals surface area contributed by atoms with E-state index in [-0.39, 0.29) is 19.5 Å². The van der Waals surface area contributed by atoms with Gasteiger partial charge in [0.25, 0.3) is 0 Å². The Hall–Kier alpha value is -2.40. The molecule has 0 aliphatic carbocycles. The number of para-hydroxylation sites is 2. The number of carbonyl (C=O) groups is 2. The van der Waals surface area contributed by atoms with Crippen molar-refractivity contribution in [3.63, 3.8) is 0 Å². The van der Waals surface area contributed by atoms with Crippen molar-refractivity contribution in [3.05, 3.63) is 60.7 Å². The van der Waals surface area contributed by atoms with Crippen molar-refractivity contribution >= 4 is 11.9 Å². The first-order chi connectivity index (χ1) is 10.6. The Morgan fingerprint density at radius 3 is 1.26 bits per heavy atom. The van der Waals surface area contributed by atoms with Crippen molar-refractivity contribution in [1.29, 1.82) is 0 Å². The maximum absolute atomic E-state index is 9.94. The molecule has 2 aromatic rings. The van der Waals surface area contributed by atoms with Crippen LogP contribution in [0.4, 0.5) is 0 Å². The second kappa shape index (κ2) is 12.2. The quantitative estimate of drug-likeness (QED) is 0.646. The van der Waals surface area contributed by atoms with E-state index in [0.29, 0.717) is 11.5 Å². The Bertz CT molecular complexity index is 520. The van der Waals surface area contributed by atoms with E-state index in [1.54, 1.807) is 48.5 Å². The Morgan fingerprint density at radius 1 is 0.696 bits per heavy atom. The largest absolute Gasteiger partial charge is 2.00 e. The van der Waals surface area contributed by atoms with Gasteiger partial charge in [-0.15, -0.1) is 0 Å². The molecule has 0 N–H and O–H groups in total. The normalized spacial score (nSPS) is 8.70. The fraction of sp³-hybridized carbons (Fsp3) is 0.125. The van der Waals surface area contributed by atoms with E-state index in [9.17, 15) is 19.8 Å². The molecule has 0 aromatic heterocycles. The van der Waals surface area contributed by atoms with Crippen LogP contribution in [0.1, 0.15) is 0 Å². The summed E-state index contributed by atoms with van der Waals surface area (Å²) in [5, 5.41) is 19.9. The van der Waals surface area contributed by atoms with Crippen molar-refractivity contribution in [3.8, 4) is 11.5 Å². The SMILES string of the molecule is O=C([O-])COc1ccccc1.O=C([O-])COc1ccccc1.[Zn+2]. The molecule has 0 aliphatic rings. The summed E-state index contributed by atoms with van der Waals surface area (Å²) >= 11 is 0. The number of carboxylic acids is 2. The van der Waals surface area contributed by atoms with E-state index >= 15 is 0 Å². The summed E-state index contributed by atoms with van der Waals surface area (Å²) in [5.74, 6) is -1.35. The monoisotopic (exact) mass is 366 g/mol. The van der Waals surface area contributed by atoms with Gasteiger partial charge in [-0.2, -0.15) is 0 Å². The fourth-order valence-corrected chi connectivity index (χ4v) is 1.32. The van der Waals surface area contributed by atoms with Gasteiger partial charge in [0, 0.05) is 0 Å². The summed E-state index contributed by atoms with van der Waals surface area (Å²) in [7, 11) is 0. The molecule has 116 valence electrons. The number of carbonyl (C=O) groups excluding carboxylic acids is 2. The summed E-state index contributed by atoms with van der Waals surface area (Å²) in [6.45, 7) is -0.798. The molecule has 0 amide bonds. The van der Waals surface area contributed by atoms with Crippen LogP contribution in [0.15, 0.2) is 60.7 Å². The maximum atomic E-state index is 9.94. The van der Waals surface area contributed by atoms with Crippen LogP contribution in [0.2, 0.25) is 0 Å². The van der Waals surface area contributed by atoms with E-state index in [4.69, 9.17) is 9.47 Å². The number of aliphatic carboxylic acids is 2. The van der Waals surface area contributed by atoms with E-state index < -0.39 is 25.2 Å². The first-order valence-electron chi connectivity index (χ1n) is 6.33. The number of carboxylic acid groups (broad SMARTS) is 2. The predicted octanol–water partition coefficient (Wildman–Crippen LogP) is -0.372. The fourth-order valence-electron chi connectivity index (χ4n) is 1.32. The van der Waals surface area contributed by atoms with Gasteiger partial charge in [0.15, 0.2) is 0 Å². The third kappa shape index (κ3) is 10.9. The summed E-state index contributed by atoms with van der Waals surface area (Å²) in [6, 6.07) is 17.5. The van der Waals surface area contributed by atoms with Crippen molar-refractivity contribution in [2.24, 2.45) is 0 Å². The molecule has 23 heavy (non-hydrogen) atoms. The van der Waals surface area contributed by atoms with E-state index in [0.717, 1.165) is 0 Å². The molecule has 0 atom stereocenters. The molecule has 0 unspecified atom stereocenters. The first kappa shape index (κ1) is 20.6. The van der Waals surface area contributed by atoms with Crippen LogP contribution < -0.4 is 19.7 Å². The first-order valence-corrected chi connectivity index (χ1v) is 6.33.